The van der Waals surface area contributed by atoms with Gasteiger partial charge in [-0.1, -0.05) is 0 Å². The summed E-state index contributed by atoms with van der Waals surface area (Å²) >= 11 is 4.68. The Morgan fingerprint density at radius 3 is 2.79 bits per heavy atom. The summed E-state index contributed by atoms with van der Waals surface area (Å²) < 4.78 is 0. The highest BCUT2D eigenvalue weighted by molar-refractivity contribution is 7.80. The van der Waals surface area contributed by atoms with Gasteiger partial charge in [-0.3, -0.25) is 9.59 Å². The zero-order valence-electron chi connectivity index (χ0n) is 11.2. The van der Waals surface area contributed by atoms with Gasteiger partial charge < -0.3 is 21.7 Å². The maximum absolute atomic E-state index is 12.2. The lowest BCUT2D eigenvalue weighted by Crippen LogP contribution is -2.48. The molecule has 6 nitrogen and oxygen atoms in total. The van der Waals surface area contributed by atoms with Crippen molar-refractivity contribution in [3.63, 3.8) is 0 Å². The van der Waals surface area contributed by atoms with E-state index in [1.807, 2.05) is 0 Å². The van der Waals surface area contributed by atoms with E-state index in [0.717, 1.165) is 12.8 Å². The molecule has 1 fully saturated rings. The fourth-order valence-corrected chi connectivity index (χ4v) is 2.43. The quantitative estimate of drug-likeness (QED) is 0.450. The number of nitrogens with one attached hydrogen (secondary N) is 1. The summed E-state index contributed by atoms with van der Waals surface area (Å²) in [7, 11) is 0. The number of rotatable bonds is 6. The summed E-state index contributed by atoms with van der Waals surface area (Å²) in [6.07, 6.45) is 2.88. The third kappa shape index (κ3) is 4.76. The number of hydrogen-bond donors (Lipinski definition) is 3. The van der Waals surface area contributed by atoms with Crippen LogP contribution in [0.4, 0.5) is 0 Å². The van der Waals surface area contributed by atoms with E-state index in [1.165, 1.54) is 6.92 Å². The number of carbonyl (C=O) groups is 2. The Hall–Kier alpha value is -1.21. The Kier molecular flexibility index (Phi) is 6.17. The Bertz CT molecular complexity index is 362. The minimum absolute atomic E-state index is 0.0354. The van der Waals surface area contributed by atoms with Crippen LogP contribution in [-0.2, 0) is 9.59 Å². The molecule has 0 unspecified atom stereocenters. The molecule has 0 aromatic carbocycles. The van der Waals surface area contributed by atoms with Gasteiger partial charge in [0.15, 0.2) is 10.9 Å². The molecule has 0 aromatic rings. The van der Waals surface area contributed by atoms with Gasteiger partial charge in [0.2, 0.25) is 5.91 Å². The van der Waals surface area contributed by atoms with Crippen molar-refractivity contribution in [1.82, 2.24) is 10.2 Å². The first-order valence-corrected chi connectivity index (χ1v) is 6.94. The minimum atomic E-state index is -0.562. The molecule has 0 spiro atoms. The molecule has 7 heteroatoms. The Balaban J connectivity index is 2.39. The van der Waals surface area contributed by atoms with Crippen LogP contribution in [0.2, 0.25) is 0 Å². The second kappa shape index (κ2) is 7.40. The van der Waals surface area contributed by atoms with Gasteiger partial charge in [-0.25, -0.2) is 0 Å². The van der Waals surface area contributed by atoms with Gasteiger partial charge in [-0.05, 0) is 44.8 Å². The lowest BCUT2D eigenvalue weighted by Gasteiger charge is -2.25. The van der Waals surface area contributed by atoms with Crippen LogP contribution < -0.4 is 16.8 Å². The van der Waals surface area contributed by atoms with E-state index in [4.69, 9.17) is 11.5 Å². The first-order chi connectivity index (χ1) is 8.93. The molecular weight excluding hydrogens is 264 g/mol. The first-order valence-electron chi connectivity index (χ1n) is 6.53. The number of carbonyl (C=O) groups excluding carboxylic acids is 2. The smallest absolute Gasteiger partial charge is 0.240 e. The van der Waals surface area contributed by atoms with Gasteiger partial charge in [0.05, 0.1) is 12.1 Å². The molecule has 1 rings (SSSR count). The fourth-order valence-electron chi connectivity index (χ4n) is 2.32. The van der Waals surface area contributed by atoms with Gasteiger partial charge in [-0.2, -0.15) is 0 Å². The standard InChI is InChI=1S/C12H22N4O2S/c1-8(17)10-5-3-7-16(10)11(18)9(13)4-2-6-15-12(14)19/h9-10H,2-7,13H2,1H3,(H3,14,15,19)/t9-,10-/m0/s1. The van der Waals surface area contributed by atoms with Crippen molar-refractivity contribution in [2.75, 3.05) is 13.1 Å². The number of thiocarbonyl (C=S) groups is 1. The SMILES string of the molecule is CC(=O)[C@@H]1CCCN1C(=O)[C@@H](N)CCCNC(N)=S. The normalized spacial score (nSPS) is 20.1. The average molecular weight is 286 g/mol. The van der Waals surface area contributed by atoms with E-state index >= 15 is 0 Å². The number of ketones is 1. The van der Waals surface area contributed by atoms with Crippen molar-refractivity contribution in [3.8, 4) is 0 Å². The van der Waals surface area contributed by atoms with E-state index in [9.17, 15) is 9.59 Å². The third-order valence-electron chi connectivity index (χ3n) is 3.31. The van der Waals surface area contributed by atoms with Crippen LogP contribution in [0.5, 0.6) is 0 Å². The van der Waals surface area contributed by atoms with Crippen LogP contribution in [0.15, 0.2) is 0 Å². The maximum atomic E-state index is 12.2. The van der Waals surface area contributed by atoms with Crippen LogP contribution in [0.1, 0.15) is 32.6 Å². The topological polar surface area (TPSA) is 101 Å². The van der Waals surface area contributed by atoms with Crippen molar-refractivity contribution in [2.24, 2.45) is 11.5 Å². The molecule has 2 atom stereocenters. The van der Waals surface area contributed by atoms with Crippen LogP contribution in [0, 0.1) is 0 Å². The van der Waals surface area contributed by atoms with Gasteiger partial charge in [0.1, 0.15) is 0 Å². The second-order valence-electron chi connectivity index (χ2n) is 4.84. The number of Topliss-reactive ketones (excluding diaryl/α,β-unsaturated/α-hetero) is 1. The summed E-state index contributed by atoms with van der Waals surface area (Å²) in [5, 5.41) is 3.06. The Morgan fingerprint density at radius 2 is 2.21 bits per heavy atom. The molecule has 0 radical (unpaired) electrons. The zero-order valence-corrected chi connectivity index (χ0v) is 12.0. The Labute approximate surface area is 118 Å². The van der Waals surface area contributed by atoms with E-state index in [-0.39, 0.29) is 22.8 Å². The van der Waals surface area contributed by atoms with E-state index in [0.29, 0.717) is 25.9 Å². The first kappa shape index (κ1) is 15.8. The minimum Gasteiger partial charge on any atom is -0.376 e. The summed E-state index contributed by atoms with van der Waals surface area (Å²) in [4.78, 5) is 25.2. The fraction of sp³-hybridized carbons (Fsp3) is 0.750. The second-order valence-corrected chi connectivity index (χ2v) is 5.28. The molecule has 1 aliphatic rings. The molecule has 1 amide bonds. The lowest BCUT2D eigenvalue weighted by molar-refractivity contribution is -0.138. The third-order valence-corrected chi connectivity index (χ3v) is 3.46. The molecule has 0 bridgehead atoms. The highest BCUT2D eigenvalue weighted by Gasteiger charge is 2.33. The highest BCUT2D eigenvalue weighted by atomic mass is 32.1. The summed E-state index contributed by atoms with van der Waals surface area (Å²) in [5.74, 6) is -0.0961. The number of amides is 1. The number of nitrogens with two attached hydrogens (primary N) is 2. The molecule has 5 N–H and O–H groups in total. The van der Waals surface area contributed by atoms with Crippen molar-refractivity contribution in [3.05, 3.63) is 0 Å². The predicted molar refractivity (Wildman–Crippen MR) is 77.4 cm³/mol. The molecule has 0 aromatic heterocycles. The monoisotopic (exact) mass is 286 g/mol. The van der Waals surface area contributed by atoms with Gasteiger partial charge in [0, 0.05) is 13.1 Å². The van der Waals surface area contributed by atoms with Crippen LogP contribution in [0.3, 0.4) is 0 Å². The van der Waals surface area contributed by atoms with E-state index < -0.39 is 6.04 Å². The van der Waals surface area contributed by atoms with Crippen molar-refractivity contribution >= 4 is 29.0 Å². The molecule has 1 saturated heterocycles. The summed E-state index contributed by atoms with van der Waals surface area (Å²) in [6, 6.07) is -0.846. The number of likely N-dealkylation sites (tertiary alicyclic amines) is 1. The summed E-state index contributed by atoms with van der Waals surface area (Å²) in [6.45, 7) is 2.75. The van der Waals surface area contributed by atoms with Crippen molar-refractivity contribution in [2.45, 2.75) is 44.7 Å². The van der Waals surface area contributed by atoms with Gasteiger partial charge >= 0.3 is 0 Å². The molecule has 108 valence electrons. The van der Waals surface area contributed by atoms with Crippen molar-refractivity contribution in [1.29, 1.82) is 0 Å². The molecule has 19 heavy (non-hydrogen) atoms. The van der Waals surface area contributed by atoms with E-state index in [1.54, 1.807) is 4.90 Å². The molecule has 1 heterocycles. The zero-order chi connectivity index (χ0) is 14.4. The molecular formula is C12H22N4O2S. The summed E-state index contributed by atoms with van der Waals surface area (Å²) in [5.41, 5.74) is 11.2. The number of hydrogen-bond acceptors (Lipinski definition) is 4. The maximum Gasteiger partial charge on any atom is 0.240 e. The Morgan fingerprint density at radius 1 is 1.53 bits per heavy atom. The van der Waals surface area contributed by atoms with Crippen molar-refractivity contribution < 1.29 is 9.59 Å². The highest BCUT2D eigenvalue weighted by Crippen LogP contribution is 2.19. The van der Waals surface area contributed by atoms with Crippen LogP contribution >= 0.6 is 12.2 Å². The predicted octanol–water partition coefficient (Wildman–Crippen LogP) is -0.493. The largest absolute Gasteiger partial charge is 0.376 e. The van der Waals surface area contributed by atoms with E-state index in [2.05, 4.69) is 17.5 Å². The average Bonchev–Trinajstić information content (AvgIpc) is 2.82. The van der Waals surface area contributed by atoms with Crippen LogP contribution in [-0.4, -0.2) is 46.9 Å². The van der Waals surface area contributed by atoms with Gasteiger partial charge in [0.25, 0.3) is 0 Å². The molecule has 1 aliphatic heterocycles. The lowest BCUT2D eigenvalue weighted by atomic mass is 10.1. The molecule has 0 aliphatic carbocycles. The molecule has 0 saturated carbocycles. The van der Waals surface area contributed by atoms with Crippen LogP contribution in [0.25, 0.3) is 0 Å². The number of nitrogens with zero attached hydrogens (tertiary/aromatic N) is 1. The van der Waals surface area contributed by atoms with Gasteiger partial charge in [-0.15, -0.1) is 0 Å².